The van der Waals surface area contributed by atoms with Crippen LogP contribution < -0.4 is 0 Å². The third-order valence-corrected chi connectivity index (χ3v) is 4.24. The van der Waals surface area contributed by atoms with Gasteiger partial charge in [0.1, 0.15) is 0 Å². The van der Waals surface area contributed by atoms with E-state index in [2.05, 4.69) is 0 Å². The molecule has 1 aliphatic heterocycles. The second kappa shape index (κ2) is 7.64. The van der Waals surface area contributed by atoms with E-state index in [9.17, 15) is 14.7 Å². The highest BCUT2D eigenvalue weighted by Crippen LogP contribution is 2.35. The van der Waals surface area contributed by atoms with E-state index in [0.717, 1.165) is 6.42 Å². The highest BCUT2D eigenvalue weighted by molar-refractivity contribution is 5.79. The van der Waals surface area contributed by atoms with Crippen molar-refractivity contribution >= 4 is 12.0 Å². The monoisotopic (exact) mass is 300 g/mol. The number of carbonyl (C=O) groups excluding carboxylic acids is 1. The van der Waals surface area contributed by atoms with E-state index in [1.165, 1.54) is 0 Å². The quantitative estimate of drug-likeness (QED) is 0.783. The van der Waals surface area contributed by atoms with Gasteiger partial charge in [-0.3, -0.25) is 4.79 Å². The number of likely N-dealkylation sites (tertiary alicyclic amines) is 1. The van der Waals surface area contributed by atoms with Crippen molar-refractivity contribution in [3.63, 3.8) is 0 Å². The third-order valence-electron chi connectivity index (χ3n) is 4.24. The molecule has 6 heteroatoms. The standard InChI is InChI=1S/C15H28N2O4/c1-4-6-15(13(19)20)7-5-8-16(11-15)14(21)17(9-10-18)12(2)3/h12,18H,4-11H2,1-3H3,(H,19,20). The zero-order valence-corrected chi connectivity index (χ0v) is 13.3. The van der Waals surface area contributed by atoms with Gasteiger partial charge in [0.25, 0.3) is 0 Å². The van der Waals surface area contributed by atoms with Crippen LogP contribution in [0.25, 0.3) is 0 Å². The van der Waals surface area contributed by atoms with Crippen molar-refractivity contribution in [3.8, 4) is 0 Å². The van der Waals surface area contributed by atoms with E-state index < -0.39 is 11.4 Å². The lowest BCUT2D eigenvalue weighted by Gasteiger charge is -2.42. The van der Waals surface area contributed by atoms with Gasteiger partial charge in [-0.15, -0.1) is 0 Å². The van der Waals surface area contributed by atoms with Gasteiger partial charge in [-0.05, 0) is 33.1 Å². The molecule has 0 aromatic rings. The van der Waals surface area contributed by atoms with Gasteiger partial charge in [-0.25, -0.2) is 4.79 Å². The summed E-state index contributed by atoms with van der Waals surface area (Å²) in [6, 6.07) is -0.183. The smallest absolute Gasteiger partial charge is 0.320 e. The van der Waals surface area contributed by atoms with Crippen LogP contribution in [-0.2, 0) is 4.79 Å². The number of carboxylic acid groups (broad SMARTS) is 1. The Bertz CT molecular complexity index is 369. The first kappa shape index (κ1) is 17.8. The molecule has 0 aromatic heterocycles. The number of hydrogen-bond donors (Lipinski definition) is 2. The highest BCUT2D eigenvalue weighted by Gasteiger charge is 2.43. The summed E-state index contributed by atoms with van der Waals surface area (Å²) in [4.78, 5) is 27.5. The van der Waals surface area contributed by atoms with Crippen LogP contribution in [0.1, 0.15) is 46.5 Å². The predicted octanol–water partition coefficient (Wildman–Crippen LogP) is 1.78. The fraction of sp³-hybridized carbons (Fsp3) is 0.867. The summed E-state index contributed by atoms with van der Waals surface area (Å²) in [6.07, 6.45) is 2.72. The second-order valence-electron chi connectivity index (χ2n) is 6.15. The Hall–Kier alpha value is -1.30. The molecular formula is C15H28N2O4. The molecule has 1 aliphatic rings. The van der Waals surface area contributed by atoms with E-state index in [1.54, 1.807) is 9.80 Å². The summed E-state index contributed by atoms with van der Waals surface area (Å²) in [7, 11) is 0. The van der Waals surface area contributed by atoms with Gasteiger partial charge in [0.2, 0.25) is 0 Å². The summed E-state index contributed by atoms with van der Waals surface area (Å²) in [5.41, 5.74) is -0.815. The average molecular weight is 300 g/mol. The molecule has 0 spiro atoms. The topological polar surface area (TPSA) is 81.1 Å². The molecule has 1 unspecified atom stereocenters. The number of carboxylic acids is 1. The van der Waals surface area contributed by atoms with Crippen LogP contribution in [0.2, 0.25) is 0 Å². The zero-order valence-electron chi connectivity index (χ0n) is 13.3. The van der Waals surface area contributed by atoms with Crippen molar-refractivity contribution in [3.05, 3.63) is 0 Å². The van der Waals surface area contributed by atoms with E-state index >= 15 is 0 Å². The normalized spacial score (nSPS) is 22.4. The minimum Gasteiger partial charge on any atom is -0.481 e. The maximum Gasteiger partial charge on any atom is 0.320 e. The Balaban J connectivity index is 2.87. The van der Waals surface area contributed by atoms with Gasteiger partial charge in [0.05, 0.1) is 12.0 Å². The molecule has 0 radical (unpaired) electrons. The first-order valence-corrected chi connectivity index (χ1v) is 7.77. The molecule has 1 rings (SSSR count). The van der Waals surface area contributed by atoms with Crippen LogP contribution in [0.5, 0.6) is 0 Å². The van der Waals surface area contributed by atoms with Crippen molar-refractivity contribution in [1.29, 1.82) is 0 Å². The Morgan fingerprint density at radius 1 is 1.38 bits per heavy atom. The number of rotatable bonds is 6. The van der Waals surface area contributed by atoms with Gasteiger partial charge in [0.15, 0.2) is 0 Å². The lowest BCUT2D eigenvalue weighted by Crippen LogP contribution is -2.55. The Morgan fingerprint density at radius 3 is 2.52 bits per heavy atom. The van der Waals surface area contributed by atoms with Crippen molar-refractivity contribution in [2.45, 2.75) is 52.5 Å². The molecule has 6 nitrogen and oxygen atoms in total. The number of amides is 2. The summed E-state index contributed by atoms with van der Waals surface area (Å²) in [5.74, 6) is -0.805. The average Bonchev–Trinajstić information content (AvgIpc) is 2.44. The zero-order chi connectivity index (χ0) is 16.0. The van der Waals surface area contributed by atoms with E-state index in [-0.39, 0.29) is 31.8 Å². The van der Waals surface area contributed by atoms with Crippen LogP contribution in [0.15, 0.2) is 0 Å². The largest absolute Gasteiger partial charge is 0.481 e. The summed E-state index contributed by atoms with van der Waals surface area (Å²) >= 11 is 0. The fourth-order valence-electron chi connectivity index (χ4n) is 3.12. The Labute approximate surface area is 126 Å². The maximum absolute atomic E-state index is 12.6. The van der Waals surface area contributed by atoms with Gasteiger partial charge in [-0.2, -0.15) is 0 Å². The predicted molar refractivity (Wildman–Crippen MR) is 80.1 cm³/mol. The SMILES string of the molecule is CCCC1(C(=O)O)CCCN(C(=O)N(CCO)C(C)C)C1. The van der Waals surface area contributed by atoms with Crippen molar-refractivity contribution in [2.24, 2.45) is 5.41 Å². The molecule has 21 heavy (non-hydrogen) atoms. The van der Waals surface area contributed by atoms with Crippen molar-refractivity contribution < 1.29 is 19.8 Å². The minimum absolute atomic E-state index is 0.0167. The maximum atomic E-state index is 12.6. The number of piperidine rings is 1. The molecule has 2 N–H and O–H groups in total. The Morgan fingerprint density at radius 2 is 2.05 bits per heavy atom. The molecule has 1 atom stereocenters. The minimum atomic E-state index is -0.815. The molecule has 2 amide bonds. The molecule has 0 aliphatic carbocycles. The second-order valence-corrected chi connectivity index (χ2v) is 6.15. The molecule has 122 valence electrons. The van der Waals surface area contributed by atoms with Gasteiger partial charge < -0.3 is 20.0 Å². The highest BCUT2D eigenvalue weighted by atomic mass is 16.4. The van der Waals surface area contributed by atoms with Crippen LogP contribution >= 0.6 is 0 Å². The van der Waals surface area contributed by atoms with Crippen LogP contribution in [0.4, 0.5) is 4.79 Å². The molecule has 1 fully saturated rings. The first-order valence-electron chi connectivity index (χ1n) is 7.77. The molecular weight excluding hydrogens is 272 g/mol. The molecule has 0 aromatic carbocycles. The van der Waals surface area contributed by atoms with Crippen molar-refractivity contribution in [1.82, 2.24) is 9.80 Å². The first-order chi connectivity index (χ1) is 9.88. The fourth-order valence-corrected chi connectivity index (χ4v) is 3.12. The van der Waals surface area contributed by atoms with Crippen LogP contribution in [-0.4, -0.2) is 64.3 Å². The molecule has 0 bridgehead atoms. The number of urea groups is 1. The van der Waals surface area contributed by atoms with E-state index in [0.29, 0.717) is 25.8 Å². The van der Waals surface area contributed by atoms with Gasteiger partial charge in [0, 0.05) is 25.7 Å². The number of carbonyl (C=O) groups is 2. The van der Waals surface area contributed by atoms with Crippen molar-refractivity contribution in [2.75, 3.05) is 26.2 Å². The van der Waals surface area contributed by atoms with Gasteiger partial charge >= 0.3 is 12.0 Å². The number of aliphatic hydroxyl groups is 1. The lowest BCUT2D eigenvalue weighted by atomic mass is 9.76. The molecule has 1 saturated heterocycles. The summed E-state index contributed by atoms with van der Waals surface area (Å²) in [6.45, 7) is 6.81. The third kappa shape index (κ3) is 4.09. The van der Waals surface area contributed by atoms with Gasteiger partial charge in [-0.1, -0.05) is 13.3 Å². The lowest BCUT2D eigenvalue weighted by molar-refractivity contribution is -0.152. The molecule has 0 saturated carbocycles. The van der Waals surface area contributed by atoms with Crippen LogP contribution in [0.3, 0.4) is 0 Å². The van der Waals surface area contributed by atoms with E-state index in [4.69, 9.17) is 5.11 Å². The Kier molecular flexibility index (Phi) is 6.45. The summed E-state index contributed by atoms with van der Waals surface area (Å²) in [5, 5.41) is 18.7. The number of aliphatic hydroxyl groups excluding tert-OH is 1. The van der Waals surface area contributed by atoms with Crippen LogP contribution in [0, 0.1) is 5.41 Å². The number of nitrogens with zero attached hydrogens (tertiary/aromatic N) is 2. The molecule has 1 heterocycles. The van der Waals surface area contributed by atoms with E-state index in [1.807, 2.05) is 20.8 Å². The number of hydrogen-bond acceptors (Lipinski definition) is 3. The number of aliphatic carboxylic acids is 1. The summed E-state index contributed by atoms with van der Waals surface area (Å²) < 4.78 is 0.